The van der Waals surface area contributed by atoms with Crippen molar-refractivity contribution in [3.63, 3.8) is 0 Å². The lowest BCUT2D eigenvalue weighted by atomic mass is 10.2. The summed E-state index contributed by atoms with van der Waals surface area (Å²) < 4.78 is 4.96. The largest absolute Gasteiger partial charge is 0.461 e. The molecule has 1 aromatic heterocycles. The monoisotopic (exact) mass is 405 g/mol. The molecule has 3 amide bonds. The van der Waals surface area contributed by atoms with Gasteiger partial charge in [0.05, 0.1) is 24.8 Å². The number of hydrogen-bond acceptors (Lipinski definition) is 5. The number of H-pyrrole nitrogens is 1. The zero-order chi connectivity index (χ0) is 21.5. The van der Waals surface area contributed by atoms with Gasteiger partial charge in [-0.1, -0.05) is 0 Å². The van der Waals surface area contributed by atoms with Gasteiger partial charge in [-0.3, -0.25) is 4.79 Å². The zero-order valence-corrected chi connectivity index (χ0v) is 16.1. The second-order valence-corrected chi connectivity index (χ2v) is 6.25. The van der Waals surface area contributed by atoms with Crippen molar-refractivity contribution in [2.24, 2.45) is 0 Å². The molecule has 0 saturated carbocycles. The van der Waals surface area contributed by atoms with Crippen LogP contribution in [-0.4, -0.2) is 36.0 Å². The number of aromatic amines is 1. The summed E-state index contributed by atoms with van der Waals surface area (Å²) in [5.41, 5.74) is 2.57. The average molecular weight is 405 g/mol. The van der Waals surface area contributed by atoms with Gasteiger partial charge in [-0.05, 0) is 55.5 Å². The number of rotatable bonds is 6. The Morgan fingerprint density at radius 2 is 1.77 bits per heavy atom. The molecule has 1 heterocycles. The maximum atomic E-state index is 12.1. The Balaban J connectivity index is 1.53. The van der Waals surface area contributed by atoms with E-state index in [1.165, 1.54) is 0 Å². The van der Waals surface area contributed by atoms with Crippen LogP contribution in [0.4, 0.5) is 16.2 Å². The number of ether oxygens (including phenoxy) is 1. The van der Waals surface area contributed by atoms with Crippen molar-refractivity contribution in [2.75, 3.05) is 23.8 Å². The fourth-order valence-corrected chi connectivity index (χ4v) is 2.70. The summed E-state index contributed by atoms with van der Waals surface area (Å²) in [6.45, 7) is 1.77. The molecule has 0 aliphatic rings. The Hall–Kier alpha value is -4.32. The standard InChI is InChI=1S/C21H19N5O4/c1-2-30-20(28)18-10-14-9-16(7-8-17(14)26-18)24-19(27)12-23-21(29)25-15-5-3-13(11-22)4-6-15/h3-10,26H,2,12H2,1H3,(H,24,27)(H2,23,25,29). The summed E-state index contributed by atoms with van der Waals surface area (Å²) in [5, 5.41) is 17.2. The molecule has 0 aliphatic heterocycles. The van der Waals surface area contributed by atoms with E-state index in [0.717, 1.165) is 10.9 Å². The van der Waals surface area contributed by atoms with Crippen LogP contribution in [-0.2, 0) is 9.53 Å². The maximum Gasteiger partial charge on any atom is 0.354 e. The molecule has 0 bridgehead atoms. The Kier molecular flexibility index (Phi) is 6.29. The molecule has 0 aliphatic carbocycles. The number of benzene rings is 2. The van der Waals surface area contributed by atoms with Crippen molar-refractivity contribution < 1.29 is 19.1 Å². The van der Waals surface area contributed by atoms with Gasteiger partial charge in [0, 0.05) is 22.3 Å². The molecule has 0 fully saturated rings. The Morgan fingerprint density at radius 3 is 2.47 bits per heavy atom. The van der Waals surface area contributed by atoms with Crippen LogP contribution in [0.1, 0.15) is 23.0 Å². The third-order valence-electron chi connectivity index (χ3n) is 4.08. The van der Waals surface area contributed by atoms with E-state index in [-0.39, 0.29) is 13.2 Å². The van der Waals surface area contributed by atoms with E-state index in [2.05, 4.69) is 20.9 Å². The number of nitriles is 1. The normalized spacial score (nSPS) is 10.1. The first-order valence-electron chi connectivity index (χ1n) is 9.13. The first kappa shape index (κ1) is 20.4. The Bertz CT molecular complexity index is 1130. The highest BCUT2D eigenvalue weighted by Crippen LogP contribution is 2.20. The molecular weight excluding hydrogens is 386 g/mol. The predicted molar refractivity (Wildman–Crippen MR) is 111 cm³/mol. The SMILES string of the molecule is CCOC(=O)c1cc2cc(NC(=O)CNC(=O)Nc3ccc(C#N)cc3)ccc2[nH]1. The summed E-state index contributed by atoms with van der Waals surface area (Å²) in [7, 11) is 0. The van der Waals surface area contributed by atoms with Crippen LogP contribution < -0.4 is 16.0 Å². The lowest BCUT2D eigenvalue weighted by Gasteiger charge is -2.08. The lowest BCUT2D eigenvalue weighted by molar-refractivity contribution is -0.115. The number of aromatic nitrogens is 1. The molecule has 9 heteroatoms. The van der Waals surface area contributed by atoms with Crippen molar-refractivity contribution in [3.8, 4) is 6.07 Å². The van der Waals surface area contributed by atoms with Gasteiger partial charge in [0.1, 0.15) is 5.69 Å². The highest BCUT2D eigenvalue weighted by atomic mass is 16.5. The van der Waals surface area contributed by atoms with E-state index < -0.39 is 17.9 Å². The highest BCUT2D eigenvalue weighted by Gasteiger charge is 2.11. The molecule has 0 spiro atoms. The van der Waals surface area contributed by atoms with Gasteiger partial charge in [-0.25, -0.2) is 9.59 Å². The molecular formula is C21H19N5O4. The number of carbonyl (C=O) groups is 3. The first-order chi connectivity index (χ1) is 14.5. The van der Waals surface area contributed by atoms with Gasteiger partial charge >= 0.3 is 12.0 Å². The molecule has 3 rings (SSSR count). The van der Waals surface area contributed by atoms with E-state index >= 15 is 0 Å². The zero-order valence-electron chi connectivity index (χ0n) is 16.1. The van der Waals surface area contributed by atoms with Crippen LogP contribution in [0.2, 0.25) is 0 Å². The smallest absolute Gasteiger partial charge is 0.354 e. The number of fused-ring (bicyclic) bond motifs is 1. The second kappa shape index (κ2) is 9.25. The Labute approximate surface area is 172 Å². The molecule has 0 saturated heterocycles. The number of esters is 1. The minimum absolute atomic E-state index is 0.235. The van der Waals surface area contributed by atoms with Crippen LogP contribution in [0.3, 0.4) is 0 Å². The molecule has 9 nitrogen and oxygen atoms in total. The molecule has 0 atom stereocenters. The van der Waals surface area contributed by atoms with E-state index in [9.17, 15) is 14.4 Å². The van der Waals surface area contributed by atoms with Gasteiger partial charge in [0.15, 0.2) is 0 Å². The van der Waals surface area contributed by atoms with E-state index in [1.54, 1.807) is 55.5 Å². The third kappa shape index (κ3) is 5.14. The van der Waals surface area contributed by atoms with Crippen LogP contribution in [0.25, 0.3) is 10.9 Å². The summed E-state index contributed by atoms with van der Waals surface area (Å²) in [5.74, 6) is -0.859. The summed E-state index contributed by atoms with van der Waals surface area (Å²) >= 11 is 0. The van der Waals surface area contributed by atoms with Crippen molar-refractivity contribution in [2.45, 2.75) is 6.92 Å². The molecule has 4 N–H and O–H groups in total. The molecule has 0 unspecified atom stereocenters. The van der Waals surface area contributed by atoms with E-state index in [0.29, 0.717) is 22.6 Å². The number of anilines is 2. The molecule has 3 aromatic rings. The predicted octanol–water partition coefficient (Wildman–Crippen LogP) is 2.98. The second-order valence-electron chi connectivity index (χ2n) is 6.25. The minimum Gasteiger partial charge on any atom is -0.461 e. The van der Waals surface area contributed by atoms with Gasteiger partial charge in [-0.15, -0.1) is 0 Å². The van der Waals surface area contributed by atoms with Gasteiger partial charge in [0.2, 0.25) is 5.91 Å². The lowest BCUT2D eigenvalue weighted by Crippen LogP contribution is -2.35. The third-order valence-corrected chi connectivity index (χ3v) is 4.08. The Morgan fingerprint density at radius 1 is 1.03 bits per heavy atom. The number of nitrogens with one attached hydrogen (secondary N) is 4. The quantitative estimate of drug-likeness (QED) is 0.468. The van der Waals surface area contributed by atoms with Crippen molar-refractivity contribution in [1.29, 1.82) is 5.26 Å². The molecule has 30 heavy (non-hydrogen) atoms. The van der Waals surface area contributed by atoms with Crippen LogP contribution in [0.5, 0.6) is 0 Å². The van der Waals surface area contributed by atoms with Crippen LogP contribution >= 0.6 is 0 Å². The molecule has 0 radical (unpaired) electrons. The maximum absolute atomic E-state index is 12.1. The van der Waals surface area contributed by atoms with Gasteiger partial charge < -0.3 is 25.7 Å². The highest BCUT2D eigenvalue weighted by molar-refractivity contribution is 5.99. The summed E-state index contributed by atoms with van der Waals surface area (Å²) in [4.78, 5) is 38.8. The summed E-state index contributed by atoms with van der Waals surface area (Å²) in [6.07, 6.45) is 0. The molecule has 2 aromatic carbocycles. The fourth-order valence-electron chi connectivity index (χ4n) is 2.70. The van der Waals surface area contributed by atoms with E-state index in [1.807, 2.05) is 6.07 Å². The van der Waals surface area contributed by atoms with Crippen molar-refractivity contribution in [3.05, 3.63) is 59.8 Å². The summed E-state index contributed by atoms with van der Waals surface area (Å²) in [6, 6.07) is 14.6. The number of urea groups is 1. The van der Waals surface area contributed by atoms with Crippen LogP contribution in [0.15, 0.2) is 48.5 Å². The van der Waals surface area contributed by atoms with Crippen molar-refractivity contribution in [1.82, 2.24) is 10.3 Å². The average Bonchev–Trinajstić information content (AvgIpc) is 3.17. The van der Waals surface area contributed by atoms with Crippen LogP contribution in [0, 0.1) is 11.3 Å². The number of hydrogen-bond donors (Lipinski definition) is 4. The van der Waals surface area contributed by atoms with Gasteiger partial charge in [0.25, 0.3) is 0 Å². The number of carbonyl (C=O) groups excluding carboxylic acids is 3. The number of amides is 3. The molecule has 152 valence electrons. The topological polar surface area (TPSA) is 136 Å². The van der Waals surface area contributed by atoms with Crippen molar-refractivity contribution >= 4 is 40.2 Å². The fraction of sp³-hybridized carbons (Fsp3) is 0.143. The minimum atomic E-state index is -0.546. The number of nitrogens with zero attached hydrogens (tertiary/aromatic N) is 1. The first-order valence-corrected chi connectivity index (χ1v) is 9.13. The van der Waals surface area contributed by atoms with E-state index in [4.69, 9.17) is 10.00 Å². The van der Waals surface area contributed by atoms with Gasteiger partial charge in [-0.2, -0.15) is 5.26 Å².